The normalized spacial score (nSPS) is 28.2. The molecule has 2 fully saturated rings. The number of anilines is 1. The predicted octanol–water partition coefficient (Wildman–Crippen LogP) is 1.76. The lowest BCUT2D eigenvalue weighted by Crippen LogP contribution is -2.38. The molecule has 18 heteroatoms. The van der Waals surface area contributed by atoms with Crippen molar-refractivity contribution >= 4 is 26.0 Å². The van der Waals surface area contributed by atoms with E-state index in [0.717, 1.165) is 10.8 Å². The van der Waals surface area contributed by atoms with Crippen molar-refractivity contribution in [3.05, 3.63) is 22.7 Å². The third-order valence-electron chi connectivity index (χ3n) is 5.45. The summed E-state index contributed by atoms with van der Waals surface area (Å²) in [5, 5.41) is 11.0. The zero-order valence-corrected chi connectivity index (χ0v) is 22.0. The van der Waals surface area contributed by atoms with Gasteiger partial charge in [0.25, 0.3) is 0 Å². The Morgan fingerprint density at radius 1 is 1.18 bits per heavy atom. The van der Waals surface area contributed by atoms with E-state index < -0.39 is 81.3 Å². The number of carbonyl (C=O) groups excluding carboxylic acids is 2. The van der Waals surface area contributed by atoms with Crippen LogP contribution >= 0.6 is 7.82 Å². The molecule has 2 aliphatic rings. The van der Waals surface area contributed by atoms with E-state index >= 15 is 4.39 Å². The first kappa shape index (κ1) is 29.7. The molecular formula is C20H29FN3O13P. The van der Waals surface area contributed by atoms with Crippen molar-refractivity contribution in [3.63, 3.8) is 0 Å². The van der Waals surface area contributed by atoms with E-state index in [4.69, 9.17) is 33.5 Å². The first-order valence-corrected chi connectivity index (χ1v) is 12.7. The summed E-state index contributed by atoms with van der Waals surface area (Å²) >= 11 is 0. The Bertz CT molecular complexity index is 1120. The van der Waals surface area contributed by atoms with Gasteiger partial charge in [-0.05, 0) is 40.7 Å². The second kappa shape index (κ2) is 11.1. The minimum atomic E-state index is -4.84. The Hall–Kier alpha value is -2.82. The maximum absolute atomic E-state index is 15.4. The second-order valence-electron chi connectivity index (χ2n) is 8.93. The van der Waals surface area contributed by atoms with Gasteiger partial charge in [0.05, 0.1) is 12.2 Å². The second-order valence-corrected chi connectivity index (χ2v) is 10.6. The van der Waals surface area contributed by atoms with Gasteiger partial charge in [0, 0.05) is 6.20 Å². The highest BCUT2D eigenvalue weighted by molar-refractivity contribution is 7.48. The average Bonchev–Trinajstić information content (AvgIpc) is 3.14. The molecule has 5 atom stereocenters. The molecule has 0 bridgehead atoms. The van der Waals surface area contributed by atoms with E-state index in [0.29, 0.717) is 0 Å². The Labute approximate surface area is 215 Å². The number of hydrogen-bond donors (Lipinski definition) is 2. The molecule has 1 aliphatic carbocycles. The van der Waals surface area contributed by atoms with Crippen molar-refractivity contribution < 1.29 is 60.9 Å². The Balaban J connectivity index is 1.71. The highest BCUT2D eigenvalue weighted by atomic mass is 31.2. The fourth-order valence-corrected chi connectivity index (χ4v) is 4.80. The van der Waals surface area contributed by atoms with Crippen molar-refractivity contribution in [3.8, 4) is 0 Å². The topological polar surface area (TPSA) is 206 Å². The van der Waals surface area contributed by atoms with Crippen LogP contribution in [0.1, 0.15) is 40.8 Å². The average molecular weight is 569 g/mol. The molecule has 1 saturated heterocycles. The quantitative estimate of drug-likeness (QED) is 0.221. The molecule has 0 amide bonds. The van der Waals surface area contributed by atoms with Crippen LogP contribution in [-0.4, -0.2) is 76.2 Å². The summed E-state index contributed by atoms with van der Waals surface area (Å²) in [6.07, 6.45) is -7.82. The van der Waals surface area contributed by atoms with Crippen LogP contribution in [0.4, 0.5) is 19.8 Å². The standard InChI is InChI=1S/C20H29FN3O13P/c1-10(2)34-17(26)30-8-32-38(29,33-9-31-18(27)35-11(3)4)37-15-19(5)20(15,28)13(21)14(36-19)24-7-6-12(22)23-16(24)25/h6-7,10-11,13-15,28H,8-9H2,1-5H3,(H2,22,23,25)/t13-,14+,15?,19+,20+/m0/s1. The summed E-state index contributed by atoms with van der Waals surface area (Å²) in [6, 6.07) is 1.23. The molecule has 1 unspecified atom stereocenters. The molecule has 2 heterocycles. The number of fused-ring (bicyclic) bond motifs is 1. The van der Waals surface area contributed by atoms with Crippen molar-refractivity contribution in [1.82, 2.24) is 9.55 Å². The molecule has 3 N–H and O–H groups in total. The first-order chi connectivity index (χ1) is 17.6. The largest absolute Gasteiger partial charge is 0.510 e. The van der Waals surface area contributed by atoms with Gasteiger partial charge >= 0.3 is 25.8 Å². The van der Waals surface area contributed by atoms with Crippen LogP contribution in [0.15, 0.2) is 17.1 Å². The van der Waals surface area contributed by atoms with Crippen LogP contribution in [-0.2, 0) is 41.8 Å². The van der Waals surface area contributed by atoms with Gasteiger partial charge in [-0.15, -0.1) is 0 Å². The Morgan fingerprint density at radius 3 is 2.13 bits per heavy atom. The highest BCUT2D eigenvalue weighted by Crippen LogP contribution is 2.69. The number of phosphoric acid groups is 1. The first-order valence-electron chi connectivity index (χ1n) is 11.3. The summed E-state index contributed by atoms with van der Waals surface area (Å²) in [6.45, 7) is 5.40. The smallest absolute Gasteiger partial charge is 0.432 e. The minimum absolute atomic E-state index is 0.106. The summed E-state index contributed by atoms with van der Waals surface area (Å²) in [4.78, 5) is 38.7. The molecule has 3 rings (SSSR count). The van der Waals surface area contributed by atoms with Crippen LogP contribution in [0, 0.1) is 0 Å². The molecule has 1 aromatic rings. The van der Waals surface area contributed by atoms with Crippen molar-refractivity contribution in [1.29, 1.82) is 0 Å². The van der Waals surface area contributed by atoms with Gasteiger partial charge in [0.1, 0.15) is 17.5 Å². The van der Waals surface area contributed by atoms with Crippen LogP contribution in [0.3, 0.4) is 0 Å². The lowest BCUT2D eigenvalue weighted by Gasteiger charge is -2.25. The van der Waals surface area contributed by atoms with Gasteiger partial charge in [-0.25, -0.2) is 32.4 Å². The lowest BCUT2D eigenvalue weighted by molar-refractivity contribution is -0.0960. The molecule has 16 nitrogen and oxygen atoms in total. The molecule has 0 aromatic carbocycles. The number of aromatic nitrogens is 2. The van der Waals surface area contributed by atoms with E-state index in [9.17, 15) is 24.1 Å². The Morgan fingerprint density at radius 2 is 1.71 bits per heavy atom. The number of hydrogen-bond acceptors (Lipinski definition) is 15. The number of halogens is 1. The number of nitrogens with zero attached hydrogens (tertiary/aromatic N) is 2. The van der Waals surface area contributed by atoms with E-state index in [1.54, 1.807) is 27.7 Å². The summed E-state index contributed by atoms with van der Waals surface area (Å²) in [5.74, 6) is -0.106. The zero-order chi connectivity index (χ0) is 28.5. The number of nitrogens with two attached hydrogens (primary N) is 1. The van der Waals surface area contributed by atoms with Gasteiger partial charge in [-0.1, -0.05) is 0 Å². The minimum Gasteiger partial charge on any atom is -0.432 e. The molecular weight excluding hydrogens is 540 g/mol. The van der Waals surface area contributed by atoms with E-state index in [1.165, 1.54) is 13.0 Å². The van der Waals surface area contributed by atoms with Crippen LogP contribution in [0.5, 0.6) is 0 Å². The lowest BCUT2D eigenvalue weighted by atomic mass is 10.1. The molecule has 0 spiro atoms. The van der Waals surface area contributed by atoms with Gasteiger partial charge in [-0.3, -0.25) is 9.09 Å². The van der Waals surface area contributed by atoms with Crippen molar-refractivity contribution in [2.45, 2.75) is 76.5 Å². The fourth-order valence-electron chi connectivity index (χ4n) is 3.62. The third kappa shape index (κ3) is 6.08. The van der Waals surface area contributed by atoms with Crippen LogP contribution in [0.2, 0.25) is 0 Å². The number of carbonyl (C=O) groups is 2. The molecule has 38 heavy (non-hydrogen) atoms. The van der Waals surface area contributed by atoms with Crippen molar-refractivity contribution in [2.24, 2.45) is 0 Å². The molecule has 1 aliphatic heterocycles. The zero-order valence-electron chi connectivity index (χ0n) is 21.1. The van der Waals surface area contributed by atoms with Crippen LogP contribution in [0.25, 0.3) is 0 Å². The third-order valence-corrected chi connectivity index (χ3v) is 6.76. The molecule has 214 valence electrons. The number of ether oxygens (including phenoxy) is 5. The number of rotatable bonds is 11. The number of alkyl halides is 1. The van der Waals surface area contributed by atoms with E-state index in [1.807, 2.05) is 0 Å². The van der Waals surface area contributed by atoms with Crippen LogP contribution < -0.4 is 11.4 Å². The van der Waals surface area contributed by atoms with Gasteiger partial charge in [-0.2, -0.15) is 4.98 Å². The van der Waals surface area contributed by atoms with Gasteiger partial charge in [0.2, 0.25) is 13.6 Å². The maximum Gasteiger partial charge on any atom is 0.510 e. The fraction of sp³-hybridized carbons (Fsp3) is 0.700. The molecule has 0 radical (unpaired) electrons. The highest BCUT2D eigenvalue weighted by Gasteiger charge is 2.88. The van der Waals surface area contributed by atoms with Gasteiger partial charge in [0.15, 0.2) is 18.0 Å². The monoisotopic (exact) mass is 569 g/mol. The molecule has 1 aromatic heterocycles. The number of aliphatic hydroxyl groups is 1. The predicted molar refractivity (Wildman–Crippen MR) is 121 cm³/mol. The molecule has 1 saturated carbocycles. The van der Waals surface area contributed by atoms with Gasteiger partial charge < -0.3 is 34.5 Å². The number of phosphoric ester groups is 1. The van der Waals surface area contributed by atoms with E-state index in [-0.39, 0.29) is 5.82 Å². The SMILES string of the molecule is CC(C)OC(=O)OCOP(=O)(OCOC(=O)OC(C)C)OC1[C@@]2(C)O[C@@H](n3ccc(N)nc3=O)[C@H](F)[C@@]12O. The summed E-state index contributed by atoms with van der Waals surface area (Å²) in [5.41, 5.74) is 0.247. The Kier molecular flexibility index (Phi) is 8.70. The summed E-state index contributed by atoms with van der Waals surface area (Å²) in [7, 11) is -4.84. The summed E-state index contributed by atoms with van der Waals surface area (Å²) < 4.78 is 68.8. The van der Waals surface area contributed by atoms with Crippen molar-refractivity contribution in [2.75, 3.05) is 19.3 Å². The van der Waals surface area contributed by atoms with E-state index in [2.05, 4.69) is 14.5 Å². The maximum atomic E-state index is 15.4. The number of nitrogen functional groups attached to an aromatic ring is 1.